The highest BCUT2D eigenvalue weighted by atomic mass is 32.2. The summed E-state index contributed by atoms with van der Waals surface area (Å²) in [7, 11) is -2.01. The molecule has 1 aromatic heterocycles. The Morgan fingerprint density at radius 1 is 0.963 bits per heavy atom. The van der Waals surface area contributed by atoms with E-state index in [1.165, 1.54) is 11.4 Å². The van der Waals surface area contributed by atoms with Crippen LogP contribution >= 0.6 is 0 Å². The lowest BCUT2D eigenvalue weighted by Gasteiger charge is -2.19. The monoisotopic (exact) mass is 383 g/mol. The average Bonchev–Trinajstić information content (AvgIpc) is 3.23. The molecule has 2 aromatic carbocycles. The standard InChI is InChI=1S/C20H21N3O3S/c1-22(18-7-3-2-4-8-18)27(25,26)16-13-21-20(24)17-9-11-19(12-10-17)23-14-5-6-15-23/h2-12,14-15H,13,16H2,1H3,(H,21,24). The molecule has 0 aliphatic heterocycles. The number of aromatic nitrogens is 1. The van der Waals surface area contributed by atoms with Gasteiger partial charge in [0, 0.05) is 37.2 Å². The highest BCUT2D eigenvalue weighted by Gasteiger charge is 2.18. The van der Waals surface area contributed by atoms with E-state index < -0.39 is 10.0 Å². The summed E-state index contributed by atoms with van der Waals surface area (Å²) in [4.78, 5) is 12.2. The Balaban J connectivity index is 1.56. The lowest BCUT2D eigenvalue weighted by molar-refractivity contribution is 0.0956. The first-order valence-electron chi connectivity index (χ1n) is 8.51. The number of amides is 1. The molecule has 0 fully saturated rings. The number of nitrogens with zero attached hydrogens (tertiary/aromatic N) is 2. The molecule has 140 valence electrons. The van der Waals surface area contributed by atoms with Crippen molar-refractivity contribution in [3.63, 3.8) is 0 Å². The van der Waals surface area contributed by atoms with Crippen LogP contribution in [-0.2, 0) is 10.0 Å². The van der Waals surface area contributed by atoms with Gasteiger partial charge in [-0.15, -0.1) is 0 Å². The van der Waals surface area contributed by atoms with E-state index in [4.69, 9.17) is 0 Å². The summed E-state index contributed by atoms with van der Waals surface area (Å²) in [5.74, 6) is -0.474. The fourth-order valence-corrected chi connectivity index (χ4v) is 3.70. The summed E-state index contributed by atoms with van der Waals surface area (Å²) in [5, 5.41) is 2.66. The molecule has 3 rings (SSSR count). The number of hydrogen-bond acceptors (Lipinski definition) is 3. The van der Waals surface area contributed by atoms with E-state index in [0.29, 0.717) is 11.3 Å². The van der Waals surface area contributed by atoms with E-state index in [0.717, 1.165) is 5.69 Å². The molecule has 0 spiro atoms. The summed E-state index contributed by atoms with van der Waals surface area (Å²) in [6.07, 6.45) is 3.84. The number of hydrogen-bond donors (Lipinski definition) is 1. The zero-order chi connectivity index (χ0) is 19.3. The number of benzene rings is 2. The second-order valence-electron chi connectivity index (χ2n) is 6.01. The van der Waals surface area contributed by atoms with Crippen LogP contribution in [0.3, 0.4) is 0 Å². The third-order valence-electron chi connectivity index (χ3n) is 4.21. The molecule has 0 aliphatic carbocycles. The van der Waals surface area contributed by atoms with Gasteiger partial charge in [0.15, 0.2) is 0 Å². The minimum atomic E-state index is -3.51. The first-order valence-corrected chi connectivity index (χ1v) is 10.1. The summed E-state index contributed by atoms with van der Waals surface area (Å²) in [6, 6.07) is 19.8. The molecule has 7 heteroatoms. The summed E-state index contributed by atoms with van der Waals surface area (Å²) in [6.45, 7) is 0.0394. The fraction of sp³-hybridized carbons (Fsp3) is 0.150. The Kier molecular flexibility index (Phi) is 5.61. The SMILES string of the molecule is CN(c1ccccc1)S(=O)(=O)CCNC(=O)c1ccc(-n2cccc2)cc1. The molecule has 0 bridgehead atoms. The highest BCUT2D eigenvalue weighted by molar-refractivity contribution is 7.92. The van der Waals surface area contributed by atoms with Crippen LogP contribution in [0.25, 0.3) is 5.69 Å². The average molecular weight is 383 g/mol. The maximum Gasteiger partial charge on any atom is 0.251 e. The number of carbonyl (C=O) groups is 1. The van der Waals surface area contributed by atoms with Gasteiger partial charge in [-0.25, -0.2) is 8.42 Å². The molecule has 0 radical (unpaired) electrons. The first kappa shape index (κ1) is 18.7. The van der Waals surface area contributed by atoms with E-state index in [-0.39, 0.29) is 18.2 Å². The third kappa shape index (κ3) is 4.57. The number of para-hydroxylation sites is 1. The van der Waals surface area contributed by atoms with Crippen LogP contribution < -0.4 is 9.62 Å². The number of sulfonamides is 1. The molecule has 0 atom stereocenters. The van der Waals surface area contributed by atoms with Gasteiger partial charge >= 0.3 is 0 Å². The first-order chi connectivity index (χ1) is 13.0. The summed E-state index contributed by atoms with van der Waals surface area (Å²) >= 11 is 0. The Hall–Kier alpha value is -3.06. The quantitative estimate of drug-likeness (QED) is 0.682. The Morgan fingerprint density at radius 3 is 2.22 bits per heavy atom. The highest BCUT2D eigenvalue weighted by Crippen LogP contribution is 2.15. The van der Waals surface area contributed by atoms with Crippen molar-refractivity contribution in [1.82, 2.24) is 9.88 Å². The van der Waals surface area contributed by atoms with Gasteiger partial charge in [0.05, 0.1) is 11.4 Å². The van der Waals surface area contributed by atoms with E-state index in [9.17, 15) is 13.2 Å². The number of nitrogens with one attached hydrogen (secondary N) is 1. The van der Waals surface area contributed by atoms with Crippen molar-refractivity contribution in [1.29, 1.82) is 0 Å². The number of rotatable bonds is 7. The van der Waals surface area contributed by atoms with Crippen molar-refractivity contribution in [2.75, 3.05) is 23.7 Å². The lowest BCUT2D eigenvalue weighted by atomic mass is 10.2. The molecule has 1 N–H and O–H groups in total. The van der Waals surface area contributed by atoms with Gasteiger partial charge in [-0.2, -0.15) is 0 Å². The lowest BCUT2D eigenvalue weighted by Crippen LogP contribution is -2.35. The molecule has 0 aliphatic rings. The van der Waals surface area contributed by atoms with Gasteiger partial charge in [0.1, 0.15) is 0 Å². The molecular formula is C20H21N3O3S. The molecule has 0 unspecified atom stereocenters. The van der Waals surface area contributed by atoms with Gasteiger partial charge in [-0.1, -0.05) is 18.2 Å². The normalized spacial score (nSPS) is 11.1. The Morgan fingerprint density at radius 2 is 1.59 bits per heavy atom. The van der Waals surface area contributed by atoms with Crippen LogP contribution in [0.4, 0.5) is 5.69 Å². The minimum Gasteiger partial charge on any atom is -0.351 e. The van der Waals surface area contributed by atoms with Crippen molar-refractivity contribution >= 4 is 21.6 Å². The second-order valence-corrected chi connectivity index (χ2v) is 8.13. The van der Waals surface area contributed by atoms with E-state index in [1.807, 2.05) is 47.3 Å². The van der Waals surface area contributed by atoms with Crippen molar-refractivity contribution in [3.8, 4) is 5.69 Å². The second kappa shape index (κ2) is 8.09. The number of anilines is 1. The predicted octanol–water partition coefficient (Wildman–Crippen LogP) is 2.67. The van der Waals surface area contributed by atoms with Crippen molar-refractivity contribution in [2.24, 2.45) is 0 Å². The van der Waals surface area contributed by atoms with Gasteiger partial charge in [-0.3, -0.25) is 9.10 Å². The van der Waals surface area contributed by atoms with E-state index in [1.54, 1.807) is 36.4 Å². The van der Waals surface area contributed by atoms with E-state index >= 15 is 0 Å². The van der Waals surface area contributed by atoms with Crippen LogP contribution in [-0.4, -0.2) is 38.2 Å². The van der Waals surface area contributed by atoms with Gasteiger partial charge in [0.2, 0.25) is 10.0 Å². The van der Waals surface area contributed by atoms with Crippen molar-refractivity contribution in [3.05, 3.63) is 84.7 Å². The predicted molar refractivity (Wildman–Crippen MR) is 107 cm³/mol. The van der Waals surface area contributed by atoms with E-state index in [2.05, 4.69) is 5.32 Å². The van der Waals surface area contributed by atoms with Gasteiger partial charge in [0.25, 0.3) is 5.91 Å². The molecule has 6 nitrogen and oxygen atoms in total. The Bertz CT molecular complexity index is 983. The van der Waals surface area contributed by atoms with Crippen LogP contribution in [0.15, 0.2) is 79.1 Å². The molecule has 27 heavy (non-hydrogen) atoms. The topological polar surface area (TPSA) is 71.4 Å². The third-order valence-corrected chi connectivity index (χ3v) is 5.98. The molecule has 1 heterocycles. The van der Waals surface area contributed by atoms with Crippen molar-refractivity contribution < 1.29 is 13.2 Å². The molecule has 3 aromatic rings. The zero-order valence-electron chi connectivity index (χ0n) is 14.9. The molecule has 1 amide bonds. The number of carbonyl (C=O) groups excluding carboxylic acids is 1. The minimum absolute atomic E-state index is 0.0394. The zero-order valence-corrected chi connectivity index (χ0v) is 15.8. The van der Waals surface area contributed by atoms with Crippen LogP contribution in [0.1, 0.15) is 10.4 Å². The van der Waals surface area contributed by atoms with Gasteiger partial charge in [-0.05, 0) is 48.5 Å². The molecule has 0 saturated heterocycles. The van der Waals surface area contributed by atoms with Gasteiger partial charge < -0.3 is 9.88 Å². The van der Waals surface area contributed by atoms with Crippen LogP contribution in [0, 0.1) is 0 Å². The maximum atomic E-state index is 12.4. The largest absolute Gasteiger partial charge is 0.351 e. The maximum absolute atomic E-state index is 12.4. The van der Waals surface area contributed by atoms with Crippen molar-refractivity contribution in [2.45, 2.75) is 0 Å². The smallest absolute Gasteiger partial charge is 0.251 e. The summed E-state index contributed by atoms with van der Waals surface area (Å²) in [5.41, 5.74) is 2.02. The summed E-state index contributed by atoms with van der Waals surface area (Å²) < 4.78 is 28.0. The fourth-order valence-electron chi connectivity index (χ4n) is 2.62. The molecular weight excluding hydrogens is 362 g/mol. The van der Waals surface area contributed by atoms with Crippen LogP contribution in [0.2, 0.25) is 0 Å². The molecule has 0 saturated carbocycles. The Labute approximate surface area is 159 Å². The van der Waals surface area contributed by atoms with Crippen LogP contribution in [0.5, 0.6) is 0 Å².